The third-order valence-corrected chi connectivity index (χ3v) is 5.46. The number of hydrogen-bond acceptors (Lipinski definition) is 3. The number of benzene rings is 1. The van der Waals surface area contributed by atoms with Gasteiger partial charge in [-0.15, -0.1) is 0 Å². The molecule has 0 saturated carbocycles. The summed E-state index contributed by atoms with van der Waals surface area (Å²) in [4.78, 5) is 6.72. The van der Waals surface area contributed by atoms with E-state index in [1.165, 1.54) is 5.56 Å². The van der Waals surface area contributed by atoms with Gasteiger partial charge in [0.05, 0.1) is 0 Å². The Labute approximate surface area is 135 Å². The highest BCUT2D eigenvalue weighted by Gasteiger charge is 2.40. The molecule has 2 aromatic rings. The molecular formula is C18H22FN3O. The standard InChI is InChI=1S/C18H22FN3O/c1-21-11-8-20-17(21)18(23)6-9-22(10-7-18)16-5-3-13-2-4-14(19)12-15(13)16/h2,4,8,11-12,16,23H,3,5-7,9-10H2,1H3. The molecule has 1 atom stereocenters. The van der Waals surface area contributed by atoms with E-state index in [0.29, 0.717) is 12.8 Å². The summed E-state index contributed by atoms with van der Waals surface area (Å²) in [7, 11) is 1.92. The SMILES string of the molecule is Cn1ccnc1C1(O)CCN(C2CCc3ccc(F)cc32)CC1. The molecule has 2 aliphatic rings. The number of aryl methyl sites for hydroxylation is 2. The van der Waals surface area contributed by atoms with Crippen LogP contribution in [0, 0.1) is 5.82 Å². The first-order chi connectivity index (χ1) is 11.1. The molecule has 1 aromatic heterocycles. The van der Waals surface area contributed by atoms with Crippen molar-refractivity contribution in [3.05, 3.63) is 53.4 Å². The highest BCUT2D eigenvalue weighted by molar-refractivity contribution is 5.35. The topological polar surface area (TPSA) is 41.3 Å². The van der Waals surface area contributed by atoms with Crippen molar-refractivity contribution in [1.82, 2.24) is 14.5 Å². The second-order valence-electron chi connectivity index (χ2n) is 6.83. The Hall–Kier alpha value is -1.72. The van der Waals surface area contributed by atoms with Crippen LogP contribution in [0.2, 0.25) is 0 Å². The molecule has 4 rings (SSSR count). The second kappa shape index (κ2) is 5.42. The summed E-state index contributed by atoms with van der Waals surface area (Å²) in [6.07, 6.45) is 6.99. The number of rotatable bonds is 2. The van der Waals surface area contributed by atoms with E-state index in [1.54, 1.807) is 18.3 Å². The monoisotopic (exact) mass is 315 g/mol. The lowest BCUT2D eigenvalue weighted by molar-refractivity contribution is -0.0442. The molecule has 1 N–H and O–H groups in total. The van der Waals surface area contributed by atoms with Crippen molar-refractivity contribution in [1.29, 1.82) is 0 Å². The maximum atomic E-state index is 13.6. The van der Waals surface area contributed by atoms with Crippen molar-refractivity contribution in [3.63, 3.8) is 0 Å². The van der Waals surface area contributed by atoms with Crippen LogP contribution in [-0.4, -0.2) is 32.6 Å². The maximum absolute atomic E-state index is 13.6. The van der Waals surface area contributed by atoms with Crippen LogP contribution in [0.1, 0.15) is 42.3 Å². The molecule has 0 amide bonds. The fourth-order valence-electron chi connectivity index (χ4n) is 4.17. The number of likely N-dealkylation sites (tertiary alicyclic amines) is 1. The first kappa shape index (κ1) is 14.8. The maximum Gasteiger partial charge on any atom is 0.140 e. The van der Waals surface area contributed by atoms with Crippen LogP contribution in [0.5, 0.6) is 0 Å². The predicted octanol–water partition coefficient (Wildman–Crippen LogP) is 2.53. The van der Waals surface area contributed by atoms with Crippen LogP contribution in [0.25, 0.3) is 0 Å². The quantitative estimate of drug-likeness (QED) is 0.926. The minimum absolute atomic E-state index is 0.155. The molecule has 23 heavy (non-hydrogen) atoms. The molecule has 0 bridgehead atoms. The Morgan fingerprint density at radius 1 is 1.30 bits per heavy atom. The summed E-state index contributed by atoms with van der Waals surface area (Å²) in [6.45, 7) is 1.62. The lowest BCUT2D eigenvalue weighted by Gasteiger charge is -2.40. The molecule has 0 radical (unpaired) electrons. The van der Waals surface area contributed by atoms with Gasteiger partial charge in [-0.1, -0.05) is 6.07 Å². The van der Waals surface area contributed by atoms with E-state index in [4.69, 9.17) is 0 Å². The average Bonchev–Trinajstić information content (AvgIpc) is 3.14. The van der Waals surface area contributed by atoms with Crippen LogP contribution in [0.15, 0.2) is 30.6 Å². The van der Waals surface area contributed by atoms with Gasteiger partial charge in [0, 0.05) is 38.6 Å². The Morgan fingerprint density at radius 3 is 2.78 bits per heavy atom. The number of aromatic nitrogens is 2. The molecule has 1 fully saturated rings. The van der Waals surface area contributed by atoms with Crippen LogP contribution in [0.4, 0.5) is 4.39 Å². The van der Waals surface area contributed by atoms with Crippen molar-refractivity contribution < 1.29 is 9.50 Å². The Balaban J connectivity index is 1.51. The number of imidazole rings is 1. The summed E-state index contributed by atoms with van der Waals surface area (Å²) in [5, 5.41) is 10.9. The summed E-state index contributed by atoms with van der Waals surface area (Å²) < 4.78 is 15.5. The Kier molecular flexibility index (Phi) is 3.50. The first-order valence-corrected chi connectivity index (χ1v) is 8.29. The fourth-order valence-corrected chi connectivity index (χ4v) is 4.17. The zero-order valence-corrected chi connectivity index (χ0v) is 13.4. The summed E-state index contributed by atoms with van der Waals surface area (Å²) in [6, 6.07) is 5.44. The van der Waals surface area contributed by atoms with E-state index < -0.39 is 5.60 Å². The van der Waals surface area contributed by atoms with E-state index in [9.17, 15) is 9.50 Å². The van der Waals surface area contributed by atoms with Gasteiger partial charge in [0.15, 0.2) is 0 Å². The Bertz CT molecular complexity index is 719. The number of fused-ring (bicyclic) bond motifs is 1. The molecule has 1 unspecified atom stereocenters. The summed E-state index contributed by atoms with van der Waals surface area (Å²) in [5.74, 6) is 0.590. The average molecular weight is 315 g/mol. The third-order valence-electron chi connectivity index (χ3n) is 5.46. The fraction of sp³-hybridized carbons (Fsp3) is 0.500. The Morgan fingerprint density at radius 2 is 2.09 bits per heavy atom. The zero-order valence-electron chi connectivity index (χ0n) is 13.4. The van der Waals surface area contributed by atoms with Crippen LogP contribution in [-0.2, 0) is 19.1 Å². The molecule has 1 aliphatic carbocycles. The first-order valence-electron chi connectivity index (χ1n) is 8.29. The van der Waals surface area contributed by atoms with Gasteiger partial charge in [0.25, 0.3) is 0 Å². The number of piperidine rings is 1. The number of nitrogens with zero attached hydrogens (tertiary/aromatic N) is 3. The minimum Gasteiger partial charge on any atom is -0.382 e. The number of aliphatic hydroxyl groups is 1. The van der Waals surface area contributed by atoms with Crippen molar-refractivity contribution in [2.24, 2.45) is 7.05 Å². The number of hydrogen-bond donors (Lipinski definition) is 1. The van der Waals surface area contributed by atoms with E-state index in [0.717, 1.165) is 37.3 Å². The highest BCUT2D eigenvalue weighted by Crippen LogP contribution is 2.40. The normalized spacial score (nSPS) is 23.9. The van der Waals surface area contributed by atoms with Gasteiger partial charge in [-0.2, -0.15) is 0 Å². The van der Waals surface area contributed by atoms with Gasteiger partial charge in [-0.25, -0.2) is 9.37 Å². The molecule has 0 spiro atoms. The molecule has 5 heteroatoms. The van der Waals surface area contributed by atoms with Crippen molar-refractivity contribution in [2.75, 3.05) is 13.1 Å². The molecule has 1 aliphatic heterocycles. The zero-order chi connectivity index (χ0) is 16.0. The van der Waals surface area contributed by atoms with Crippen LogP contribution in [0.3, 0.4) is 0 Å². The van der Waals surface area contributed by atoms with E-state index in [1.807, 2.05) is 23.9 Å². The molecule has 2 heterocycles. The lowest BCUT2D eigenvalue weighted by Crippen LogP contribution is -2.44. The lowest BCUT2D eigenvalue weighted by atomic mass is 9.89. The molecule has 4 nitrogen and oxygen atoms in total. The largest absolute Gasteiger partial charge is 0.382 e. The van der Waals surface area contributed by atoms with Gasteiger partial charge in [0.2, 0.25) is 0 Å². The van der Waals surface area contributed by atoms with Gasteiger partial charge < -0.3 is 9.67 Å². The van der Waals surface area contributed by atoms with E-state index >= 15 is 0 Å². The van der Waals surface area contributed by atoms with Crippen molar-refractivity contribution in [2.45, 2.75) is 37.3 Å². The smallest absolute Gasteiger partial charge is 0.140 e. The van der Waals surface area contributed by atoms with Gasteiger partial charge in [0.1, 0.15) is 17.2 Å². The van der Waals surface area contributed by atoms with Gasteiger partial charge in [-0.3, -0.25) is 4.90 Å². The highest BCUT2D eigenvalue weighted by atomic mass is 19.1. The molecular weight excluding hydrogens is 293 g/mol. The van der Waals surface area contributed by atoms with Gasteiger partial charge in [-0.05, 0) is 48.9 Å². The molecule has 1 aromatic carbocycles. The van der Waals surface area contributed by atoms with Crippen molar-refractivity contribution >= 4 is 0 Å². The third kappa shape index (κ3) is 2.48. The van der Waals surface area contributed by atoms with Crippen molar-refractivity contribution in [3.8, 4) is 0 Å². The number of halogens is 1. The minimum atomic E-state index is -0.849. The summed E-state index contributed by atoms with van der Waals surface area (Å²) in [5.41, 5.74) is 1.55. The van der Waals surface area contributed by atoms with Crippen LogP contribution >= 0.6 is 0 Å². The molecule has 122 valence electrons. The van der Waals surface area contributed by atoms with Crippen LogP contribution < -0.4 is 0 Å². The summed E-state index contributed by atoms with van der Waals surface area (Å²) >= 11 is 0. The second-order valence-corrected chi connectivity index (χ2v) is 6.83. The van der Waals surface area contributed by atoms with E-state index in [2.05, 4.69) is 9.88 Å². The predicted molar refractivity (Wildman–Crippen MR) is 85.4 cm³/mol. The van der Waals surface area contributed by atoms with Gasteiger partial charge >= 0.3 is 0 Å². The van der Waals surface area contributed by atoms with E-state index in [-0.39, 0.29) is 11.9 Å². The molecule has 1 saturated heterocycles.